The zero-order valence-corrected chi connectivity index (χ0v) is 50.5. The number of hydrogen-bond acceptors (Lipinski definition) is 4. The van der Waals surface area contributed by atoms with Gasteiger partial charge in [0.1, 0.15) is 11.2 Å². The van der Waals surface area contributed by atoms with Gasteiger partial charge in [-0.2, -0.15) is 0 Å². The van der Waals surface area contributed by atoms with Gasteiger partial charge in [0.25, 0.3) is 0 Å². The summed E-state index contributed by atoms with van der Waals surface area (Å²) >= 11 is 0. The quantitative estimate of drug-likeness (QED) is 0.112. The largest absolute Gasteiger partial charge is 0.454 e. The molecule has 0 saturated heterocycles. The van der Waals surface area contributed by atoms with Gasteiger partial charge in [0.05, 0.1) is 32.9 Å². The number of furan rings is 2. The zero-order chi connectivity index (χ0) is 57.1. The maximum Gasteiger partial charge on any atom is 0.159 e. The minimum atomic E-state index is -1.64. The Labute approximate surface area is 496 Å². The third kappa shape index (κ3) is 7.25. The predicted molar refractivity (Wildman–Crippen MR) is 365 cm³/mol. The molecule has 2 aliphatic carbocycles. The molecule has 406 valence electrons. The van der Waals surface area contributed by atoms with Gasteiger partial charge in [-0.1, -0.05) is 220 Å². The van der Waals surface area contributed by atoms with E-state index in [9.17, 15) is 0 Å². The van der Waals surface area contributed by atoms with Gasteiger partial charge in [-0.05, 0) is 162 Å². The van der Waals surface area contributed by atoms with Crippen molar-refractivity contribution < 1.29 is 8.83 Å². The molecular formula is C79H60N2O2Si2. The average molecular weight is 1130 g/mol. The van der Waals surface area contributed by atoms with Crippen molar-refractivity contribution in [3.63, 3.8) is 0 Å². The smallest absolute Gasteiger partial charge is 0.159 e. The van der Waals surface area contributed by atoms with Gasteiger partial charge in [0.15, 0.2) is 11.2 Å². The molecular weight excluding hydrogens is 1070 g/mol. The highest BCUT2D eigenvalue weighted by molar-refractivity contribution is 6.89. The Hall–Kier alpha value is -9.73. The molecule has 17 rings (SSSR count). The lowest BCUT2D eigenvalue weighted by atomic mass is 9.70. The molecule has 13 aromatic carbocycles. The van der Waals surface area contributed by atoms with Crippen LogP contribution in [0.4, 0.5) is 34.1 Å². The summed E-state index contributed by atoms with van der Waals surface area (Å²) in [4.78, 5) is 4.89. The van der Waals surface area contributed by atoms with E-state index >= 15 is 0 Å². The topological polar surface area (TPSA) is 32.8 Å². The Kier molecular flexibility index (Phi) is 10.6. The van der Waals surface area contributed by atoms with Crippen LogP contribution in [0.1, 0.15) is 22.3 Å². The summed E-state index contributed by atoms with van der Waals surface area (Å²) in [6.45, 7) is 14.5. The first kappa shape index (κ1) is 49.8. The molecule has 6 heteroatoms. The molecule has 0 unspecified atom stereocenters. The maximum atomic E-state index is 6.95. The molecule has 2 aliphatic rings. The molecule has 2 aromatic heterocycles. The van der Waals surface area contributed by atoms with Crippen molar-refractivity contribution >= 4 is 137 Å². The van der Waals surface area contributed by atoms with E-state index in [1.807, 2.05) is 0 Å². The number of rotatable bonds is 8. The predicted octanol–water partition coefficient (Wildman–Crippen LogP) is 21.3. The van der Waals surface area contributed by atoms with E-state index in [2.05, 4.69) is 304 Å². The minimum Gasteiger partial charge on any atom is -0.454 e. The number of anilines is 6. The Bertz CT molecular complexity index is 5070. The van der Waals surface area contributed by atoms with Crippen molar-refractivity contribution in [3.8, 4) is 22.3 Å². The molecule has 0 amide bonds. The summed E-state index contributed by atoms with van der Waals surface area (Å²) in [6.07, 6.45) is 0. The minimum absolute atomic E-state index is 0.763. The van der Waals surface area contributed by atoms with Gasteiger partial charge in [0, 0.05) is 44.3 Å². The molecule has 4 nitrogen and oxygen atoms in total. The van der Waals surface area contributed by atoms with Crippen LogP contribution in [0.5, 0.6) is 0 Å². The van der Waals surface area contributed by atoms with Crippen molar-refractivity contribution in [2.75, 3.05) is 9.80 Å². The highest BCUT2D eigenvalue weighted by atomic mass is 28.3. The van der Waals surface area contributed by atoms with E-state index in [0.29, 0.717) is 0 Å². The lowest BCUT2D eigenvalue weighted by Gasteiger charge is -2.33. The summed E-state index contributed by atoms with van der Waals surface area (Å²) in [5.41, 5.74) is 19.0. The Morgan fingerprint density at radius 1 is 0.271 bits per heavy atom. The summed E-state index contributed by atoms with van der Waals surface area (Å²) in [5.74, 6) is 0. The third-order valence-electron chi connectivity index (χ3n) is 18.8. The molecule has 0 N–H and O–H groups in total. The molecule has 0 radical (unpaired) electrons. The van der Waals surface area contributed by atoms with Crippen LogP contribution in [0.25, 0.3) is 98.4 Å². The van der Waals surface area contributed by atoms with Gasteiger partial charge in [-0.15, -0.1) is 0 Å². The highest BCUT2D eigenvalue weighted by Crippen LogP contribution is 2.65. The second-order valence-electron chi connectivity index (χ2n) is 25.6. The van der Waals surface area contributed by atoms with E-state index in [1.54, 1.807) is 0 Å². The third-order valence-corrected chi connectivity index (χ3v) is 22.9. The first-order valence-electron chi connectivity index (χ1n) is 29.8. The SMILES string of the molecule is C[Si](C)(C)c1ccc(N(c2ccc3c(c2)C2(c4ccccc4-c4cc5c6ccccc6c6ccccc6c5cc42)c2cc(N(c4ccc([Si](C)(C)C)cc4)c4cccc5c4oc4ccccc45)ccc2-3)c2cccc3c2oc2ccccc23)cc1. The van der Waals surface area contributed by atoms with Crippen LogP contribution in [0.2, 0.25) is 39.3 Å². The fraction of sp³-hybridized carbons (Fsp3) is 0.0886. The second-order valence-corrected chi connectivity index (χ2v) is 35.7. The summed E-state index contributed by atoms with van der Waals surface area (Å²) in [6, 6.07) is 95.8. The van der Waals surface area contributed by atoms with Gasteiger partial charge in [-0.3, -0.25) is 0 Å². The van der Waals surface area contributed by atoms with E-state index in [4.69, 9.17) is 8.83 Å². The fourth-order valence-electron chi connectivity index (χ4n) is 14.7. The second kappa shape index (κ2) is 18.1. The van der Waals surface area contributed by atoms with Gasteiger partial charge >= 0.3 is 0 Å². The van der Waals surface area contributed by atoms with E-state index in [0.717, 1.165) is 78.0 Å². The Morgan fingerprint density at radius 2 is 0.635 bits per heavy atom. The van der Waals surface area contributed by atoms with Crippen LogP contribution in [-0.2, 0) is 5.41 Å². The number of hydrogen-bond donors (Lipinski definition) is 0. The number of nitrogens with zero attached hydrogens (tertiary/aromatic N) is 2. The molecule has 0 aliphatic heterocycles. The van der Waals surface area contributed by atoms with Crippen LogP contribution in [0.15, 0.2) is 264 Å². The van der Waals surface area contributed by atoms with E-state index in [1.165, 1.54) is 87.2 Å². The summed E-state index contributed by atoms with van der Waals surface area (Å²) in [5, 5.41) is 14.8. The van der Waals surface area contributed by atoms with Gasteiger partial charge < -0.3 is 18.6 Å². The Balaban J connectivity index is 0.975. The van der Waals surface area contributed by atoms with Crippen LogP contribution >= 0.6 is 0 Å². The first-order chi connectivity index (χ1) is 41.4. The molecule has 0 saturated carbocycles. The van der Waals surface area contributed by atoms with E-state index < -0.39 is 21.6 Å². The normalized spacial score (nSPS) is 13.4. The van der Waals surface area contributed by atoms with Crippen LogP contribution in [-0.4, -0.2) is 16.1 Å². The molecule has 0 atom stereocenters. The monoisotopic (exact) mass is 1120 g/mol. The standard InChI is InChI=1S/C79H60N2O2Si2/c1-84(2,3)53-39-33-49(34-40-53)80(73-29-17-26-64-62-24-12-15-31-75(62)82-77(64)73)51-37-43-60-61-44-38-52(81(50-35-41-54(42-36-50)85(4,5)6)74-30-18-27-65-63-25-13-16-32-76(63)83-78(65)74)46-71(61)79(70(60)45-51)69-28-14-11-23-59(69)68-47-66-57-21-9-7-19-55(57)56-20-8-10-22-58(56)67(66)48-72(68)79/h7-48H,1-6H3. The fourth-order valence-corrected chi connectivity index (χ4v) is 17.1. The van der Waals surface area contributed by atoms with Crippen LogP contribution in [0, 0.1) is 0 Å². The van der Waals surface area contributed by atoms with Crippen LogP contribution < -0.4 is 20.2 Å². The number of fused-ring (bicyclic) bond motifs is 22. The Morgan fingerprint density at radius 3 is 1.11 bits per heavy atom. The first-order valence-corrected chi connectivity index (χ1v) is 36.8. The average Bonchev–Trinajstić information content (AvgIpc) is 1.52. The molecule has 0 fully saturated rings. The molecule has 85 heavy (non-hydrogen) atoms. The number of benzene rings is 13. The van der Waals surface area contributed by atoms with Gasteiger partial charge in [-0.25, -0.2) is 0 Å². The van der Waals surface area contributed by atoms with Crippen molar-refractivity contribution in [2.24, 2.45) is 0 Å². The molecule has 2 heterocycles. The van der Waals surface area contributed by atoms with Gasteiger partial charge in [0.2, 0.25) is 0 Å². The lowest BCUT2D eigenvalue weighted by Crippen LogP contribution is -2.37. The maximum absolute atomic E-state index is 6.95. The number of para-hydroxylation sites is 4. The highest BCUT2D eigenvalue weighted by Gasteiger charge is 2.52. The summed E-state index contributed by atoms with van der Waals surface area (Å²) in [7, 11) is -3.28. The molecule has 15 aromatic rings. The van der Waals surface area contributed by atoms with Crippen molar-refractivity contribution in [2.45, 2.75) is 44.7 Å². The lowest BCUT2D eigenvalue weighted by molar-refractivity contribution is 0.668. The van der Waals surface area contributed by atoms with Crippen LogP contribution in [0.3, 0.4) is 0 Å². The van der Waals surface area contributed by atoms with Crippen molar-refractivity contribution in [1.29, 1.82) is 0 Å². The van der Waals surface area contributed by atoms with Crippen molar-refractivity contribution in [1.82, 2.24) is 0 Å². The molecule has 0 bridgehead atoms. The zero-order valence-electron chi connectivity index (χ0n) is 48.5. The summed E-state index contributed by atoms with van der Waals surface area (Å²) < 4.78 is 13.9. The van der Waals surface area contributed by atoms with E-state index in [-0.39, 0.29) is 0 Å². The van der Waals surface area contributed by atoms with Crippen molar-refractivity contribution in [3.05, 3.63) is 277 Å². The molecule has 1 spiro atoms.